The molecule has 0 aromatic carbocycles. The van der Waals surface area contributed by atoms with Gasteiger partial charge in [-0.1, -0.05) is 71.4 Å². The van der Waals surface area contributed by atoms with Gasteiger partial charge in [0, 0.05) is 22.9 Å². The lowest BCUT2D eigenvalue weighted by Gasteiger charge is -2.11. The molecule has 3 heteroatoms. The average molecular weight is 372 g/mol. The van der Waals surface area contributed by atoms with Crippen molar-refractivity contribution in [1.29, 1.82) is 0 Å². The summed E-state index contributed by atoms with van der Waals surface area (Å²) in [6, 6.07) is 0. The van der Waals surface area contributed by atoms with E-state index in [-0.39, 0.29) is 0 Å². The fourth-order valence-electron chi connectivity index (χ4n) is 1.66. The molecule has 0 bridgehead atoms. The third-order valence-corrected chi connectivity index (χ3v) is 4.72. The summed E-state index contributed by atoms with van der Waals surface area (Å²) < 4.78 is 5.67. The molecule has 0 aromatic heterocycles. The van der Waals surface area contributed by atoms with Gasteiger partial charge in [0.2, 0.25) is 0 Å². The molecule has 1 nitrogen and oxygen atoms in total. The zero-order valence-corrected chi connectivity index (χ0v) is 14.6. The van der Waals surface area contributed by atoms with E-state index in [4.69, 9.17) is 4.74 Å². The van der Waals surface area contributed by atoms with Crippen molar-refractivity contribution < 1.29 is 4.74 Å². The lowest BCUT2D eigenvalue weighted by atomic mass is 10.1. The number of hydrogen-bond acceptors (Lipinski definition) is 1. The zero-order chi connectivity index (χ0) is 12.9. The van der Waals surface area contributed by atoms with Crippen LogP contribution in [-0.2, 0) is 4.74 Å². The Morgan fingerprint density at radius 3 is 1.53 bits per heavy atom. The first-order chi connectivity index (χ1) is 8.20. The number of rotatable bonds is 12. The first-order valence-corrected chi connectivity index (χ1v) is 8.89. The van der Waals surface area contributed by atoms with Crippen molar-refractivity contribution in [2.45, 2.75) is 74.9 Å². The van der Waals surface area contributed by atoms with Gasteiger partial charge in [-0.25, -0.2) is 0 Å². The van der Waals surface area contributed by atoms with Crippen molar-refractivity contribution in [1.82, 2.24) is 0 Å². The molecule has 2 atom stereocenters. The molecule has 104 valence electrons. The topological polar surface area (TPSA) is 9.23 Å². The Morgan fingerprint density at radius 1 is 0.765 bits per heavy atom. The van der Waals surface area contributed by atoms with Crippen LogP contribution in [0.1, 0.15) is 65.2 Å². The molecule has 0 N–H and O–H groups in total. The summed E-state index contributed by atoms with van der Waals surface area (Å²) in [6.45, 7) is 6.27. The molecule has 0 rings (SSSR count). The summed E-state index contributed by atoms with van der Waals surface area (Å²) in [4.78, 5) is 1.28. The van der Waals surface area contributed by atoms with E-state index in [1.807, 2.05) is 0 Å². The van der Waals surface area contributed by atoms with E-state index in [1.54, 1.807) is 0 Å². The highest BCUT2D eigenvalue weighted by Gasteiger charge is 2.05. The van der Waals surface area contributed by atoms with Gasteiger partial charge in [-0.3, -0.25) is 0 Å². The van der Waals surface area contributed by atoms with E-state index in [0.29, 0.717) is 9.65 Å². The predicted molar refractivity (Wildman–Crippen MR) is 84.5 cm³/mol. The van der Waals surface area contributed by atoms with Gasteiger partial charge in [0.05, 0.1) is 0 Å². The van der Waals surface area contributed by atoms with E-state index in [0.717, 1.165) is 26.1 Å². The molecule has 0 fully saturated rings. The Bertz CT molecular complexity index is 137. The third kappa shape index (κ3) is 13.2. The van der Waals surface area contributed by atoms with Crippen molar-refractivity contribution in [2.75, 3.05) is 13.2 Å². The minimum atomic E-state index is 0.641. The standard InChI is InChI=1S/C14H28Br2O/c1-3-5-7-13(15)9-11-17-12-10-14(16)8-6-4-2/h13-14H,3-12H2,1-2H3. The fraction of sp³-hybridized carbons (Fsp3) is 1.00. The molecule has 2 unspecified atom stereocenters. The molecule has 0 saturated carbocycles. The highest BCUT2D eigenvalue weighted by atomic mass is 79.9. The summed E-state index contributed by atoms with van der Waals surface area (Å²) in [5.41, 5.74) is 0. The molecular formula is C14H28Br2O. The minimum absolute atomic E-state index is 0.641. The smallest absolute Gasteiger partial charge is 0.0476 e. The molecule has 0 amide bonds. The van der Waals surface area contributed by atoms with Crippen molar-refractivity contribution in [3.05, 3.63) is 0 Å². The molecule has 0 aliphatic carbocycles. The zero-order valence-electron chi connectivity index (χ0n) is 11.4. The summed E-state index contributed by atoms with van der Waals surface area (Å²) >= 11 is 7.41. The molecule has 0 heterocycles. The summed E-state index contributed by atoms with van der Waals surface area (Å²) in [6.07, 6.45) is 10.0. The van der Waals surface area contributed by atoms with Crippen LogP contribution < -0.4 is 0 Å². The quantitative estimate of drug-likeness (QED) is 0.316. The Labute approximate surface area is 124 Å². The predicted octanol–water partition coefficient (Wildman–Crippen LogP) is 5.69. The molecule has 0 aliphatic heterocycles. The van der Waals surface area contributed by atoms with Crippen molar-refractivity contribution in [3.63, 3.8) is 0 Å². The lowest BCUT2D eigenvalue weighted by Crippen LogP contribution is -2.08. The van der Waals surface area contributed by atoms with Gasteiger partial charge in [-0.2, -0.15) is 0 Å². The van der Waals surface area contributed by atoms with Crippen LogP contribution >= 0.6 is 31.9 Å². The highest BCUT2D eigenvalue weighted by Crippen LogP contribution is 2.15. The fourth-order valence-corrected chi connectivity index (χ4v) is 2.69. The maximum Gasteiger partial charge on any atom is 0.0476 e. The van der Waals surface area contributed by atoms with Gasteiger partial charge >= 0.3 is 0 Å². The summed E-state index contributed by atoms with van der Waals surface area (Å²) in [5.74, 6) is 0. The van der Waals surface area contributed by atoms with Gasteiger partial charge in [0.25, 0.3) is 0 Å². The van der Waals surface area contributed by atoms with E-state index in [1.165, 1.54) is 38.5 Å². The van der Waals surface area contributed by atoms with E-state index < -0.39 is 0 Å². The Balaban J connectivity index is 3.22. The molecule has 0 aromatic rings. The highest BCUT2D eigenvalue weighted by molar-refractivity contribution is 9.09. The van der Waals surface area contributed by atoms with Crippen LogP contribution in [0.25, 0.3) is 0 Å². The van der Waals surface area contributed by atoms with Crippen molar-refractivity contribution in [3.8, 4) is 0 Å². The van der Waals surface area contributed by atoms with Crippen LogP contribution in [0, 0.1) is 0 Å². The molecule has 0 radical (unpaired) electrons. The van der Waals surface area contributed by atoms with Gasteiger partial charge in [-0.15, -0.1) is 0 Å². The second-order valence-corrected chi connectivity index (χ2v) is 7.26. The van der Waals surface area contributed by atoms with Crippen LogP contribution in [0.3, 0.4) is 0 Å². The SMILES string of the molecule is CCCCC(Br)CCOCCC(Br)CCCC. The van der Waals surface area contributed by atoms with E-state index >= 15 is 0 Å². The molecule has 0 aliphatic rings. The second kappa shape index (κ2) is 13.4. The van der Waals surface area contributed by atoms with Crippen molar-refractivity contribution >= 4 is 31.9 Å². The molecule has 0 saturated heterocycles. The maximum atomic E-state index is 5.67. The van der Waals surface area contributed by atoms with Crippen molar-refractivity contribution in [2.24, 2.45) is 0 Å². The molecular weight excluding hydrogens is 344 g/mol. The summed E-state index contributed by atoms with van der Waals surface area (Å²) in [7, 11) is 0. The normalized spacial score (nSPS) is 14.8. The van der Waals surface area contributed by atoms with E-state index in [9.17, 15) is 0 Å². The number of ether oxygens (including phenoxy) is 1. The Hall–Kier alpha value is 0.920. The first kappa shape index (κ1) is 17.9. The number of unbranched alkanes of at least 4 members (excludes halogenated alkanes) is 2. The summed E-state index contributed by atoms with van der Waals surface area (Å²) in [5, 5.41) is 0. The first-order valence-electron chi connectivity index (χ1n) is 7.06. The van der Waals surface area contributed by atoms with Gasteiger partial charge < -0.3 is 4.74 Å². The Morgan fingerprint density at radius 2 is 1.18 bits per heavy atom. The molecule has 17 heavy (non-hydrogen) atoms. The number of hydrogen-bond donors (Lipinski definition) is 0. The molecule has 0 spiro atoms. The number of halogens is 2. The van der Waals surface area contributed by atoms with Crippen LogP contribution in [0.5, 0.6) is 0 Å². The Kier molecular flexibility index (Phi) is 14.1. The van der Waals surface area contributed by atoms with Crippen LogP contribution in [0.4, 0.5) is 0 Å². The van der Waals surface area contributed by atoms with Crippen LogP contribution in [0.15, 0.2) is 0 Å². The number of alkyl halides is 2. The van der Waals surface area contributed by atoms with Gasteiger partial charge in [-0.05, 0) is 25.7 Å². The monoisotopic (exact) mass is 370 g/mol. The second-order valence-electron chi connectivity index (χ2n) is 4.67. The van der Waals surface area contributed by atoms with Crippen LogP contribution in [0.2, 0.25) is 0 Å². The average Bonchev–Trinajstić information content (AvgIpc) is 2.33. The largest absolute Gasteiger partial charge is 0.381 e. The van der Waals surface area contributed by atoms with Gasteiger partial charge in [0.15, 0.2) is 0 Å². The lowest BCUT2D eigenvalue weighted by molar-refractivity contribution is 0.128. The van der Waals surface area contributed by atoms with Crippen LogP contribution in [-0.4, -0.2) is 22.9 Å². The third-order valence-electron chi connectivity index (χ3n) is 2.89. The van der Waals surface area contributed by atoms with Gasteiger partial charge in [0.1, 0.15) is 0 Å². The van der Waals surface area contributed by atoms with E-state index in [2.05, 4.69) is 45.7 Å². The maximum absolute atomic E-state index is 5.67. The minimum Gasteiger partial charge on any atom is -0.381 e.